The average molecular weight is 536 g/mol. The zero-order valence-corrected chi connectivity index (χ0v) is 18.5. The van der Waals surface area contributed by atoms with Crippen LogP contribution in [0.4, 0.5) is 0 Å². The van der Waals surface area contributed by atoms with Crippen molar-refractivity contribution in [2.45, 2.75) is 51.8 Å². The maximum Gasteiger partial charge on any atom is 0.320 e. The predicted octanol–water partition coefficient (Wildman–Crippen LogP) is -8.44. The minimum absolute atomic E-state index is 0.0539. The summed E-state index contributed by atoms with van der Waals surface area (Å²) in [5.74, 6) is -29.4. The molecule has 0 saturated heterocycles. The number of aliphatic hydroxyl groups is 16. The second-order valence-electron chi connectivity index (χ2n) is 8.49. The van der Waals surface area contributed by atoms with Crippen molar-refractivity contribution >= 4 is 11.6 Å². The van der Waals surface area contributed by atoms with E-state index in [-0.39, 0.29) is 9.92 Å². The third kappa shape index (κ3) is 3.01. The highest BCUT2D eigenvalue weighted by atomic mass is 35.5. The number of likely N-dealkylation sites (N-methyl/N-ethyl adjacent to an activating group) is 1. The van der Waals surface area contributed by atoms with Crippen molar-refractivity contribution in [1.29, 1.82) is 0 Å². The molecule has 35 heavy (non-hydrogen) atoms. The highest BCUT2D eigenvalue weighted by Gasteiger charge is 3.00. The summed E-state index contributed by atoms with van der Waals surface area (Å²) in [6.45, 7) is 0. The Morgan fingerprint density at radius 1 is 0.629 bits per heavy atom. The fraction of sp³-hybridized carbons (Fsp3) is 0.647. The highest BCUT2D eigenvalue weighted by molar-refractivity contribution is 6.30. The molecule has 0 heterocycles. The van der Waals surface area contributed by atoms with Crippen LogP contribution in [0.3, 0.4) is 0 Å². The Labute approximate surface area is 199 Å². The van der Waals surface area contributed by atoms with Gasteiger partial charge in [0.1, 0.15) is 0 Å². The second kappa shape index (κ2) is 7.68. The Bertz CT molecular complexity index is 932. The molecule has 2 rings (SSSR count). The predicted molar refractivity (Wildman–Crippen MR) is 104 cm³/mol. The molecule has 1 saturated carbocycles. The molecule has 1 aliphatic rings. The molecule has 0 aliphatic heterocycles. The van der Waals surface area contributed by atoms with E-state index < -0.39 is 57.4 Å². The van der Waals surface area contributed by atoms with Crippen molar-refractivity contribution in [3.05, 3.63) is 34.9 Å². The number of nitrogens with zero attached hydrogens (tertiary/aromatic N) is 1. The smallest absolute Gasteiger partial charge is 0.320 e. The zero-order valence-electron chi connectivity index (χ0n) is 17.8. The summed E-state index contributed by atoms with van der Waals surface area (Å²) in [5, 5.41) is 164. The van der Waals surface area contributed by atoms with Gasteiger partial charge in [-0.3, -0.25) is 4.90 Å². The molecule has 1 aliphatic carbocycles. The standard InChI is InChI=1S/C17H26ClNO16/c1-19(2)11(21,14(26,27)10(20,16(30,31)32)17(33,34)35)9(7-3-5-8(18)6-4-7)12(22,23)15(28,29)13(9,24)25/h3-6,20-35H,1-2H3. The van der Waals surface area contributed by atoms with Crippen molar-refractivity contribution in [2.24, 2.45) is 0 Å². The summed E-state index contributed by atoms with van der Waals surface area (Å²) in [4.78, 5) is -0.0539. The van der Waals surface area contributed by atoms with Gasteiger partial charge in [-0.25, -0.2) is 0 Å². The van der Waals surface area contributed by atoms with E-state index >= 15 is 0 Å². The lowest BCUT2D eigenvalue weighted by atomic mass is 9.43. The molecule has 0 aromatic heterocycles. The number of benzene rings is 1. The van der Waals surface area contributed by atoms with Gasteiger partial charge >= 0.3 is 11.9 Å². The molecular formula is C17H26ClNO16. The number of hydrogen-bond donors (Lipinski definition) is 16. The van der Waals surface area contributed by atoms with Crippen LogP contribution in [0.2, 0.25) is 5.02 Å². The third-order valence-electron chi connectivity index (χ3n) is 6.43. The fourth-order valence-corrected chi connectivity index (χ4v) is 4.72. The van der Waals surface area contributed by atoms with Gasteiger partial charge in [0.25, 0.3) is 17.2 Å². The zero-order chi connectivity index (χ0) is 28.1. The van der Waals surface area contributed by atoms with Gasteiger partial charge in [0.05, 0.1) is 0 Å². The van der Waals surface area contributed by atoms with E-state index in [0.29, 0.717) is 26.2 Å². The van der Waals surface area contributed by atoms with E-state index in [1.54, 1.807) is 0 Å². The largest absolute Gasteiger partial charge is 0.371 e. The van der Waals surface area contributed by atoms with Crippen LogP contribution in [-0.2, 0) is 5.41 Å². The van der Waals surface area contributed by atoms with Gasteiger partial charge in [-0.1, -0.05) is 23.7 Å². The molecule has 1 unspecified atom stereocenters. The maximum atomic E-state index is 11.6. The summed E-state index contributed by atoms with van der Waals surface area (Å²) in [7, 11) is 1.09. The minimum atomic E-state index is -5.42. The van der Waals surface area contributed by atoms with Crippen LogP contribution in [0.5, 0.6) is 0 Å². The van der Waals surface area contributed by atoms with E-state index in [1.807, 2.05) is 0 Å². The molecule has 202 valence electrons. The number of rotatable bonds is 7. The van der Waals surface area contributed by atoms with Crippen LogP contribution in [0.25, 0.3) is 0 Å². The second-order valence-corrected chi connectivity index (χ2v) is 8.93. The van der Waals surface area contributed by atoms with Crippen molar-refractivity contribution in [3.63, 3.8) is 0 Å². The average Bonchev–Trinajstić information content (AvgIpc) is 2.65. The van der Waals surface area contributed by atoms with E-state index in [1.165, 1.54) is 0 Å². The lowest BCUT2D eigenvalue weighted by Gasteiger charge is -2.74. The summed E-state index contributed by atoms with van der Waals surface area (Å²) in [6, 6.07) is 2.97. The molecule has 1 fully saturated rings. The van der Waals surface area contributed by atoms with Crippen LogP contribution in [-0.4, -0.2) is 147 Å². The quantitative estimate of drug-likeness (QED) is 0.144. The first-order valence-corrected chi connectivity index (χ1v) is 9.58. The van der Waals surface area contributed by atoms with Crippen LogP contribution >= 0.6 is 11.6 Å². The van der Waals surface area contributed by atoms with E-state index in [9.17, 15) is 81.7 Å². The van der Waals surface area contributed by atoms with Gasteiger partial charge in [-0.05, 0) is 31.8 Å². The summed E-state index contributed by atoms with van der Waals surface area (Å²) in [5.41, 5.74) is -15.3. The molecule has 18 heteroatoms. The Hall–Kier alpha value is -1.17. The topological polar surface area (TPSA) is 327 Å². The van der Waals surface area contributed by atoms with Gasteiger partial charge in [0, 0.05) is 5.02 Å². The van der Waals surface area contributed by atoms with Gasteiger partial charge in [0.2, 0.25) is 11.6 Å². The molecule has 1 atom stereocenters. The molecule has 0 radical (unpaired) electrons. The minimum Gasteiger partial charge on any atom is -0.371 e. The van der Waals surface area contributed by atoms with E-state index in [2.05, 4.69) is 0 Å². The van der Waals surface area contributed by atoms with Crippen LogP contribution in [0, 0.1) is 0 Å². The molecule has 16 N–H and O–H groups in total. The first kappa shape index (κ1) is 30.1. The Kier molecular flexibility index (Phi) is 6.59. The first-order chi connectivity index (χ1) is 15.2. The van der Waals surface area contributed by atoms with Gasteiger partial charge in [0.15, 0.2) is 11.1 Å². The first-order valence-electron chi connectivity index (χ1n) is 9.21. The lowest BCUT2D eigenvalue weighted by molar-refractivity contribution is -0.621. The lowest BCUT2D eigenvalue weighted by Crippen LogP contribution is -3.03. The molecule has 1 aromatic carbocycles. The summed E-state index contributed by atoms with van der Waals surface area (Å²) < 4.78 is 0. The third-order valence-corrected chi connectivity index (χ3v) is 6.68. The monoisotopic (exact) mass is 535 g/mol. The van der Waals surface area contributed by atoms with Gasteiger partial charge < -0.3 is 81.7 Å². The SMILES string of the molecule is CN(C)C(O)(C(O)(O)C(O)(C(O)(O)O)C(O)(O)O)C1(c2ccc(Cl)cc2)C(O)(O)C(O)(O)C1(O)O. The van der Waals surface area contributed by atoms with Crippen molar-refractivity contribution < 1.29 is 81.7 Å². The van der Waals surface area contributed by atoms with Crippen molar-refractivity contribution in [3.8, 4) is 0 Å². The normalized spacial score (nSPS) is 23.5. The van der Waals surface area contributed by atoms with Crippen LogP contribution in [0.15, 0.2) is 24.3 Å². The van der Waals surface area contributed by atoms with Crippen molar-refractivity contribution in [2.75, 3.05) is 14.1 Å². The summed E-state index contributed by atoms with van der Waals surface area (Å²) >= 11 is 5.72. The number of hydrogen-bond acceptors (Lipinski definition) is 17. The molecular weight excluding hydrogens is 510 g/mol. The molecule has 17 nitrogen and oxygen atoms in total. The summed E-state index contributed by atoms with van der Waals surface area (Å²) in [6.07, 6.45) is 0. The molecule has 0 amide bonds. The number of halogens is 1. The molecule has 0 bridgehead atoms. The maximum absolute atomic E-state index is 11.6. The molecule has 1 aromatic rings. The Balaban J connectivity index is 3.22. The van der Waals surface area contributed by atoms with E-state index in [4.69, 9.17) is 11.6 Å². The highest BCUT2D eigenvalue weighted by Crippen LogP contribution is 2.69. The molecule has 0 spiro atoms. The van der Waals surface area contributed by atoms with Crippen LogP contribution < -0.4 is 0 Å². The Morgan fingerprint density at radius 2 is 0.971 bits per heavy atom. The Morgan fingerprint density at radius 3 is 1.26 bits per heavy atom. The fourth-order valence-electron chi connectivity index (χ4n) is 4.59. The van der Waals surface area contributed by atoms with Crippen molar-refractivity contribution in [1.82, 2.24) is 4.90 Å². The van der Waals surface area contributed by atoms with Crippen LogP contribution in [0.1, 0.15) is 5.56 Å². The van der Waals surface area contributed by atoms with E-state index in [0.717, 1.165) is 12.1 Å². The van der Waals surface area contributed by atoms with Gasteiger partial charge in [-0.2, -0.15) is 0 Å². The van der Waals surface area contributed by atoms with Gasteiger partial charge in [-0.15, -0.1) is 0 Å².